The van der Waals surface area contributed by atoms with Gasteiger partial charge in [-0.3, -0.25) is 0 Å². The van der Waals surface area contributed by atoms with E-state index in [-0.39, 0.29) is 12.3 Å². The van der Waals surface area contributed by atoms with Gasteiger partial charge in [-0.2, -0.15) is 0 Å². The number of hydrogen-bond acceptors (Lipinski definition) is 1. The van der Waals surface area contributed by atoms with Gasteiger partial charge in [-0.25, -0.2) is 22.0 Å². The van der Waals surface area contributed by atoms with Crippen LogP contribution in [0.25, 0.3) is 0 Å². The van der Waals surface area contributed by atoms with Gasteiger partial charge in [0.25, 0.3) is 0 Å². The summed E-state index contributed by atoms with van der Waals surface area (Å²) < 4.78 is 64.9. The molecule has 94 valence electrons. The number of aliphatic hydroxyl groups excluding tert-OH is 1. The smallest absolute Gasteiger partial charge is 0.200 e. The van der Waals surface area contributed by atoms with Crippen molar-refractivity contribution in [1.82, 2.24) is 0 Å². The Bertz CT molecular complexity index is 427. The monoisotopic (exact) mass is 252 g/mol. The molecule has 0 saturated heterocycles. The van der Waals surface area contributed by atoms with Crippen molar-refractivity contribution in [2.75, 3.05) is 0 Å². The standard InChI is InChI=1S/C11H9F5O/c12-7-6(5(17)3-4-1-2-4)8(13)10(15)11(16)9(7)14/h4-5,17H,1-3H2. The molecule has 0 amide bonds. The zero-order chi connectivity index (χ0) is 12.7. The van der Waals surface area contributed by atoms with Gasteiger partial charge in [0, 0.05) is 0 Å². The average molecular weight is 252 g/mol. The summed E-state index contributed by atoms with van der Waals surface area (Å²) in [6.45, 7) is 0. The highest BCUT2D eigenvalue weighted by Gasteiger charge is 2.33. The van der Waals surface area contributed by atoms with Gasteiger partial charge in [0.2, 0.25) is 5.82 Å². The van der Waals surface area contributed by atoms with Gasteiger partial charge in [-0.05, 0) is 12.3 Å². The lowest BCUT2D eigenvalue weighted by Gasteiger charge is -2.13. The molecule has 0 heterocycles. The molecule has 1 aromatic carbocycles. The van der Waals surface area contributed by atoms with Crippen molar-refractivity contribution in [1.29, 1.82) is 0 Å². The molecule has 1 aromatic rings. The molecule has 0 radical (unpaired) electrons. The van der Waals surface area contributed by atoms with E-state index in [0.29, 0.717) is 0 Å². The van der Waals surface area contributed by atoms with E-state index in [0.717, 1.165) is 12.8 Å². The summed E-state index contributed by atoms with van der Waals surface area (Å²) in [6, 6.07) is 0. The van der Waals surface area contributed by atoms with E-state index in [1.807, 2.05) is 0 Å². The number of rotatable bonds is 3. The Balaban J connectivity index is 2.44. The van der Waals surface area contributed by atoms with Crippen LogP contribution in [0.15, 0.2) is 0 Å². The topological polar surface area (TPSA) is 20.2 Å². The van der Waals surface area contributed by atoms with Crippen LogP contribution in [0.1, 0.15) is 30.9 Å². The molecule has 1 atom stereocenters. The molecule has 0 aliphatic heterocycles. The summed E-state index contributed by atoms with van der Waals surface area (Å²) in [6.07, 6.45) is -0.0517. The van der Waals surface area contributed by atoms with Crippen molar-refractivity contribution < 1.29 is 27.1 Å². The summed E-state index contributed by atoms with van der Waals surface area (Å²) in [5.41, 5.74) is -1.13. The second-order valence-electron chi connectivity index (χ2n) is 4.18. The summed E-state index contributed by atoms with van der Waals surface area (Å²) in [7, 11) is 0. The molecule has 2 rings (SSSR count). The third-order valence-electron chi connectivity index (χ3n) is 2.83. The van der Waals surface area contributed by atoms with Crippen LogP contribution in [0, 0.1) is 35.0 Å². The van der Waals surface area contributed by atoms with Gasteiger partial charge in [0.1, 0.15) is 0 Å². The highest BCUT2D eigenvalue weighted by atomic mass is 19.2. The molecule has 0 aromatic heterocycles. The molecule has 1 N–H and O–H groups in total. The van der Waals surface area contributed by atoms with Gasteiger partial charge in [0.15, 0.2) is 23.3 Å². The first-order valence-corrected chi connectivity index (χ1v) is 5.12. The summed E-state index contributed by atoms with van der Waals surface area (Å²) in [4.78, 5) is 0. The van der Waals surface area contributed by atoms with Crippen LogP contribution < -0.4 is 0 Å². The Kier molecular flexibility index (Phi) is 3.07. The first-order chi connectivity index (χ1) is 7.93. The van der Waals surface area contributed by atoms with Gasteiger partial charge in [-0.15, -0.1) is 0 Å². The van der Waals surface area contributed by atoms with Crippen LogP contribution >= 0.6 is 0 Å². The summed E-state index contributed by atoms with van der Waals surface area (Å²) in [5.74, 6) is -10.0. The number of hydrogen-bond donors (Lipinski definition) is 1. The van der Waals surface area contributed by atoms with E-state index in [1.54, 1.807) is 0 Å². The molecule has 1 aliphatic rings. The Labute approximate surface area is 93.9 Å². The molecule has 17 heavy (non-hydrogen) atoms. The van der Waals surface area contributed by atoms with E-state index >= 15 is 0 Å². The molecule has 1 aliphatic carbocycles. The van der Waals surface area contributed by atoms with E-state index in [9.17, 15) is 27.1 Å². The number of benzene rings is 1. The van der Waals surface area contributed by atoms with Crippen LogP contribution in [0.5, 0.6) is 0 Å². The third kappa shape index (κ3) is 2.13. The lowest BCUT2D eigenvalue weighted by Crippen LogP contribution is -2.11. The Hall–Kier alpha value is -1.17. The molecular weight excluding hydrogens is 243 g/mol. The second-order valence-corrected chi connectivity index (χ2v) is 4.18. The van der Waals surface area contributed by atoms with Crippen molar-refractivity contribution in [2.24, 2.45) is 5.92 Å². The fourth-order valence-electron chi connectivity index (χ4n) is 1.70. The van der Waals surface area contributed by atoms with Crippen LogP contribution in [0.4, 0.5) is 22.0 Å². The maximum Gasteiger partial charge on any atom is 0.200 e. The van der Waals surface area contributed by atoms with Crippen molar-refractivity contribution in [2.45, 2.75) is 25.4 Å². The molecule has 0 spiro atoms. The molecular formula is C11H9F5O. The first kappa shape index (κ1) is 12.3. The second kappa shape index (κ2) is 4.25. The van der Waals surface area contributed by atoms with Crippen molar-refractivity contribution in [3.8, 4) is 0 Å². The van der Waals surface area contributed by atoms with Gasteiger partial charge in [0.05, 0.1) is 11.7 Å². The lowest BCUT2D eigenvalue weighted by molar-refractivity contribution is 0.147. The fourth-order valence-corrected chi connectivity index (χ4v) is 1.70. The SMILES string of the molecule is OC(CC1CC1)c1c(F)c(F)c(F)c(F)c1F. The van der Waals surface area contributed by atoms with Crippen molar-refractivity contribution in [3.63, 3.8) is 0 Å². The molecule has 0 bridgehead atoms. The van der Waals surface area contributed by atoms with Crippen molar-refractivity contribution in [3.05, 3.63) is 34.6 Å². The Morgan fingerprint density at radius 1 is 0.882 bits per heavy atom. The van der Waals surface area contributed by atoms with E-state index < -0.39 is 40.8 Å². The molecule has 1 unspecified atom stereocenters. The molecule has 1 nitrogen and oxygen atoms in total. The minimum absolute atomic E-state index is 0.0123. The minimum Gasteiger partial charge on any atom is -0.388 e. The van der Waals surface area contributed by atoms with E-state index in [4.69, 9.17) is 0 Å². The van der Waals surface area contributed by atoms with Gasteiger partial charge in [-0.1, -0.05) is 12.8 Å². The summed E-state index contributed by atoms with van der Waals surface area (Å²) >= 11 is 0. The highest BCUT2D eigenvalue weighted by molar-refractivity contribution is 5.26. The predicted octanol–water partition coefficient (Wildman–Crippen LogP) is 3.22. The minimum atomic E-state index is -2.21. The van der Waals surface area contributed by atoms with Gasteiger partial charge >= 0.3 is 0 Å². The van der Waals surface area contributed by atoms with Gasteiger partial charge < -0.3 is 5.11 Å². The van der Waals surface area contributed by atoms with Crippen molar-refractivity contribution >= 4 is 0 Å². The Morgan fingerprint density at radius 2 is 1.29 bits per heavy atom. The highest BCUT2D eigenvalue weighted by Crippen LogP contribution is 2.39. The predicted molar refractivity (Wildman–Crippen MR) is 48.5 cm³/mol. The van der Waals surface area contributed by atoms with Crippen LogP contribution in [-0.2, 0) is 0 Å². The largest absolute Gasteiger partial charge is 0.388 e. The summed E-state index contributed by atoms with van der Waals surface area (Å²) in [5, 5.41) is 9.50. The van der Waals surface area contributed by atoms with Crippen LogP contribution in [0.2, 0.25) is 0 Å². The Morgan fingerprint density at radius 3 is 1.71 bits per heavy atom. The van der Waals surface area contributed by atoms with E-state index in [2.05, 4.69) is 0 Å². The van der Waals surface area contributed by atoms with E-state index in [1.165, 1.54) is 0 Å². The lowest BCUT2D eigenvalue weighted by atomic mass is 10.0. The maximum absolute atomic E-state index is 13.2. The normalized spacial score (nSPS) is 17.3. The molecule has 1 fully saturated rings. The maximum atomic E-state index is 13.2. The third-order valence-corrected chi connectivity index (χ3v) is 2.83. The fraction of sp³-hybridized carbons (Fsp3) is 0.455. The quantitative estimate of drug-likeness (QED) is 0.497. The molecule has 6 heteroatoms. The zero-order valence-electron chi connectivity index (χ0n) is 8.61. The average Bonchev–Trinajstić information content (AvgIpc) is 3.08. The van der Waals surface area contributed by atoms with Crippen LogP contribution in [-0.4, -0.2) is 5.11 Å². The molecule has 1 saturated carbocycles. The van der Waals surface area contributed by atoms with Crippen LogP contribution in [0.3, 0.4) is 0 Å². The number of halogens is 5. The first-order valence-electron chi connectivity index (χ1n) is 5.12. The number of aliphatic hydroxyl groups is 1. The zero-order valence-corrected chi connectivity index (χ0v) is 8.61.